The maximum Gasteiger partial charge on any atom is 0.0644 e. The summed E-state index contributed by atoms with van der Waals surface area (Å²) in [5, 5.41) is 31.2. The van der Waals surface area contributed by atoms with E-state index >= 15 is 0 Å². The fourth-order valence-electron chi connectivity index (χ4n) is 4.52. The zero-order valence-corrected chi connectivity index (χ0v) is 12.1. The molecule has 2 aliphatic rings. The van der Waals surface area contributed by atoms with E-state index in [-0.39, 0.29) is 23.4 Å². The molecule has 0 spiro atoms. The smallest absolute Gasteiger partial charge is 0.0644 e. The van der Waals surface area contributed by atoms with Crippen molar-refractivity contribution >= 4 is 0 Å². The highest BCUT2D eigenvalue weighted by Crippen LogP contribution is 2.55. The van der Waals surface area contributed by atoms with Crippen LogP contribution >= 0.6 is 0 Å². The summed E-state index contributed by atoms with van der Waals surface area (Å²) in [5.41, 5.74) is -1.03. The molecular formula is C15H28O3. The Balaban J connectivity index is 2.29. The quantitative estimate of drug-likeness (QED) is 0.672. The van der Waals surface area contributed by atoms with Gasteiger partial charge in [0.2, 0.25) is 0 Å². The van der Waals surface area contributed by atoms with Crippen LogP contribution in [0.1, 0.15) is 53.4 Å². The largest absolute Gasteiger partial charge is 0.393 e. The summed E-state index contributed by atoms with van der Waals surface area (Å²) in [7, 11) is 0. The third kappa shape index (κ3) is 2.10. The molecule has 2 aliphatic carbocycles. The minimum absolute atomic E-state index is 0.0803. The van der Waals surface area contributed by atoms with Gasteiger partial charge in [-0.1, -0.05) is 13.8 Å². The van der Waals surface area contributed by atoms with E-state index in [1.54, 1.807) is 13.8 Å². The monoisotopic (exact) mass is 256 g/mol. The van der Waals surface area contributed by atoms with Crippen LogP contribution in [0, 0.1) is 23.2 Å². The van der Waals surface area contributed by atoms with Crippen molar-refractivity contribution in [1.29, 1.82) is 0 Å². The average molecular weight is 256 g/mol. The Morgan fingerprint density at radius 1 is 1.11 bits per heavy atom. The molecule has 0 aromatic rings. The van der Waals surface area contributed by atoms with Gasteiger partial charge in [0, 0.05) is 5.92 Å². The van der Waals surface area contributed by atoms with Gasteiger partial charge in [-0.2, -0.15) is 0 Å². The zero-order valence-electron chi connectivity index (χ0n) is 12.1. The summed E-state index contributed by atoms with van der Waals surface area (Å²) in [6, 6.07) is 0. The standard InChI is InChI=1S/C15H28O3/c1-9-5-6-11(16)15(4)8-7-10(14(2,3)18)13(17)12(9)15/h9-13,16-18H,5-8H2,1-4H3/t9-,10-,11-,12+,13+,15+/m1/s1. The lowest BCUT2D eigenvalue weighted by Gasteiger charge is -2.57. The van der Waals surface area contributed by atoms with Crippen molar-refractivity contribution in [3.63, 3.8) is 0 Å². The first-order valence-corrected chi connectivity index (χ1v) is 7.26. The van der Waals surface area contributed by atoms with Gasteiger partial charge in [0.1, 0.15) is 0 Å². The number of hydrogen-bond acceptors (Lipinski definition) is 3. The SMILES string of the molecule is C[C@@H]1CC[C@@H](O)[C@]2(C)CC[C@@H](C(C)(C)O)[C@H](O)[C@H]12. The van der Waals surface area contributed by atoms with Crippen LogP contribution in [0.15, 0.2) is 0 Å². The van der Waals surface area contributed by atoms with Gasteiger partial charge < -0.3 is 15.3 Å². The summed E-state index contributed by atoms with van der Waals surface area (Å²) in [4.78, 5) is 0. The molecule has 2 rings (SSSR count). The molecule has 0 aliphatic heterocycles. The zero-order chi connectivity index (χ0) is 13.7. The van der Waals surface area contributed by atoms with Crippen molar-refractivity contribution < 1.29 is 15.3 Å². The highest BCUT2D eigenvalue weighted by Gasteiger charge is 2.55. The van der Waals surface area contributed by atoms with Gasteiger partial charge in [-0.3, -0.25) is 0 Å². The fourth-order valence-corrected chi connectivity index (χ4v) is 4.52. The highest BCUT2D eigenvalue weighted by molar-refractivity contribution is 5.05. The Morgan fingerprint density at radius 2 is 1.72 bits per heavy atom. The van der Waals surface area contributed by atoms with Crippen LogP contribution in [0.4, 0.5) is 0 Å². The Bertz CT molecular complexity index is 309. The van der Waals surface area contributed by atoms with E-state index in [9.17, 15) is 15.3 Å². The van der Waals surface area contributed by atoms with Crippen molar-refractivity contribution in [2.24, 2.45) is 23.2 Å². The summed E-state index contributed by atoms with van der Waals surface area (Å²) in [6.07, 6.45) is 2.69. The predicted octanol–water partition coefficient (Wildman–Crippen LogP) is 1.94. The minimum atomic E-state index is -0.844. The molecule has 0 aromatic heterocycles. The highest BCUT2D eigenvalue weighted by atomic mass is 16.3. The minimum Gasteiger partial charge on any atom is -0.393 e. The van der Waals surface area contributed by atoms with E-state index in [1.165, 1.54) is 0 Å². The van der Waals surface area contributed by atoms with Crippen LogP contribution in [0.5, 0.6) is 0 Å². The summed E-state index contributed by atoms with van der Waals surface area (Å²) in [6.45, 7) is 7.85. The molecule has 2 saturated carbocycles. The number of aliphatic hydroxyl groups excluding tert-OH is 2. The first-order valence-electron chi connectivity index (χ1n) is 7.26. The van der Waals surface area contributed by atoms with E-state index < -0.39 is 11.7 Å². The Morgan fingerprint density at radius 3 is 2.28 bits per heavy atom. The third-order valence-corrected chi connectivity index (χ3v) is 5.71. The Labute approximate surface area is 110 Å². The van der Waals surface area contributed by atoms with E-state index in [0.717, 1.165) is 25.7 Å². The van der Waals surface area contributed by atoms with Crippen LogP contribution in [-0.4, -0.2) is 33.1 Å². The first kappa shape index (κ1) is 14.3. The van der Waals surface area contributed by atoms with Gasteiger partial charge in [0.05, 0.1) is 17.8 Å². The third-order valence-electron chi connectivity index (χ3n) is 5.71. The molecule has 3 nitrogen and oxygen atoms in total. The average Bonchev–Trinajstić information content (AvgIpc) is 2.22. The van der Waals surface area contributed by atoms with E-state index in [2.05, 4.69) is 13.8 Å². The number of rotatable bonds is 1. The van der Waals surface area contributed by atoms with E-state index in [4.69, 9.17) is 0 Å². The molecule has 3 N–H and O–H groups in total. The van der Waals surface area contributed by atoms with Gasteiger partial charge >= 0.3 is 0 Å². The second kappa shape index (κ2) is 4.46. The molecule has 0 bridgehead atoms. The van der Waals surface area contributed by atoms with Gasteiger partial charge in [0.25, 0.3) is 0 Å². The van der Waals surface area contributed by atoms with E-state index in [0.29, 0.717) is 5.92 Å². The molecule has 6 atom stereocenters. The molecule has 0 unspecified atom stereocenters. The maximum atomic E-state index is 10.7. The van der Waals surface area contributed by atoms with Crippen molar-refractivity contribution in [2.45, 2.75) is 71.2 Å². The number of hydrogen-bond donors (Lipinski definition) is 3. The molecule has 0 amide bonds. The lowest BCUT2D eigenvalue weighted by Crippen LogP contribution is -2.59. The predicted molar refractivity (Wildman–Crippen MR) is 71.0 cm³/mol. The summed E-state index contributed by atoms with van der Waals surface area (Å²) >= 11 is 0. The normalized spacial score (nSPS) is 49.8. The van der Waals surface area contributed by atoms with Gasteiger partial charge in [-0.05, 0) is 56.8 Å². The molecule has 3 heteroatoms. The molecule has 18 heavy (non-hydrogen) atoms. The maximum absolute atomic E-state index is 10.7. The first-order chi connectivity index (χ1) is 8.18. The van der Waals surface area contributed by atoms with Crippen molar-refractivity contribution in [3.8, 4) is 0 Å². The number of aliphatic hydroxyl groups is 3. The topological polar surface area (TPSA) is 60.7 Å². The molecule has 0 radical (unpaired) electrons. The molecule has 0 heterocycles. The molecular weight excluding hydrogens is 228 g/mol. The Kier molecular flexibility index (Phi) is 3.54. The van der Waals surface area contributed by atoms with Gasteiger partial charge in [-0.15, -0.1) is 0 Å². The lowest BCUT2D eigenvalue weighted by molar-refractivity contribution is -0.184. The fraction of sp³-hybridized carbons (Fsp3) is 1.00. The van der Waals surface area contributed by atoms with Gasteiger partial charge in [-0.25, -0.2) is 0 Å². The molecule has 0 saturated heterocycles. The Hall–Kier alpha value is -0.120. The second-order valence-corrected chi connectivity index (χ2v) is 7.39. The van der Waals surface area contributed by atoms with Crippen LogP contribution in [0.25, 0.3) is 0 Å². The van der Waals surface area contributed by atoms with Crippen LogP contribution in [-0.2, 0) is 0 Å². The summed E-state index contributed by atoms with van der Waals surface area (Å²) < 4.78 is 0. The second-order valence-electron chi connectivity index (χ2n) is 7.39. The van der Waals surface area contributed by atoms with E-state index in [1.807, 2.05) is 0 Å². The van der Waals surface area contributed by atoms with Crippen LogP contribution in [0.2, 0.25) is 0 Å². The lowest BCUT2D eigenvalue weighted by atomic mass is 9.51. The van der Waals surface area contributed by atoms with Crippen molar-refractivity contribution in [3.05, 3.63) is 0 Å². The molecule has 0 aromatic carbocycles. The van der Waals surface area contributed by atoms with Crippen molar-refractivity contribution in [2.75, 3.05) is 0 Å². The molecule has 2 fully saturated rings. The van der Waals surface area contributed by atoms with Crippen LogP contribution < -0.4 is 0 Å². The van der Waals surface area contributed by atoms with Crippen LogP contribution in [0.3, 0.4) is 0 Å². The molecule has 106 valence electrons. The van der Waals surface area contributed by atoms with Gasteiger partial charge in [0.15, 0.2) is 0 Å². The number of fused-ring (bicyclic) bond motifs is 1. The summed E-state index contributed by atoms with van der Waals surface area (Å²) in [5.74, 6) is 0.438. The van der Waals surface area contributed by atoms with Crippen molar-refractivity contribution in [1.82, 2.24) is 0 Å².